The van der Waals surface area contributed by atoms with Crippen LogP contribution in [0.1, 0.15) is 27.0 Å². The van der Waals surface area contributed by atoms with Gasteiger partial charge in [-0.3, -0.25) is 4.79 Å². The van der Waals surface area contributed by atoms with Crippen molar-refractivity contribution in [1.82, 2.24) is 0 Å². The average molecular weight is 333 g/mol. The van der Waals surface area contributed by atoms with Crippen molar-refractivity contribution in [2.24, 2.45) is 0 Å². The van der Waals surface area contributed by atoms with E-state index in [0.29, 0.717) is 11.6 Å². The summed E-state index contributed by atoms with van der Waals surface area (Å²) in [5, 5.41) is 2.22. The molecule has 0 aromatic heterocycles. The van der Waals surface area contributed by atoms with Gasteiger partial charge in [0, 0.05) is 6.07 Å². The number of esters is 1. The Morgan fingerprint density at radius 1 is 1.04 bits per heavy atom. The molecule has 2 rings (SSSR count). The number of nitrogens with one attached hydrogen (secondary N) is 1. The van der Waals surface area contributed by atoms with E-state index in [1.54, 1.807) is 13.8 Å². The van der Waals surface area contributed by atoms with E-state index in [2.05, 4.69) is 5.32 Å². The number of carbonyl (C=O) groups excluding carboxylic acids is 2. The molecule has 0 radical (unpaired) electrons. The highest BCUT2D eigenvalue weighted by molar-refractivity contribution is 5.97. The molecule has 126 valence electrons. The Balaban J connectivity index is 2.00. The van der Waals surface area contributed by atoms with Gasteiger partial charge in [0.25, 0.3) is 5.91 Å². The smallest absolute Gasteiger partial charge is 0.339 e. The molecule has 0 unspecified atom stereocenters. The molecule has 0 spiro atoms. The lowest BCUT2D eigenvalue weighted by Crippen LogP contribution is -2.22. The van der Waals surface area contributed by atoms with Crippen LogP contribution in [0, 0.1) is 32.4 Å². The van der Waals surface area contributed by atoms with Crippen LogP contribution in [0.2, 0.25) is 0 Å². The summed E-state index contributed by atoms with van der Waals surface area (Å²) in [6.07, 6.45) is 0. The van der Waals surface area contributed by atoms with Gasteiger partial charge in [0.1, 0.15) is 11.6 Å². The molecule has 6 heteroatoms. The molecule has 4 nitrogen and oxygen atoms in total. The quantitative estimate of drug-likeness (QED) is 0.868. The van der Waals surface area contributed by atoms with Crippen LogP contribution in [0.3, 0.4) is 0 Å². The Morgan fingerprint density at radius 3 is 2.25 bits per heavy atom. The molecular formula is C18H17F2NO3. The van der Waals surface area contributed by atoms with Gasteiger partial charge in [-0.25, -0.2) is 13.6 Å². The monoisotopic (exact) mass is 333 g/mol. The summed E-state index contributed by atoms with van der Waals surface area (Å²) in [7, 11) is 0. The molecule has 0 aliphatic heterocycles. The summed E-state index contributed by atoms with van der Waals surface area (Å²) in [6, 6.07) is 6.46. The highest BCUT2D eigenvalue weighted by Crippen LogP contribution is 2.18. The summed E-state index contributed by atoms with van der Waals surface area (Å²) in [6.45, 7) is 4.91. The van der Waals surface area contributed by atoms with Crippen LogP contribution in [0.5, 0.6) is 0 Å². The lowest BCUT2D eigenvalue weighted by atomic mass is 10.00. The average Bonchev–Trinajstić information content (AvgIpc) is 2.47. The first-order valence-corrected chi connectivity index (χ1v) is 7.28. The summed E-state index contributed by atoms with van der Waals surface area (Å²) >= 11 is 0. The molecule has 24 heavy (non-hydrogen) atoms. The molecule has 0 fully saturated rings. The second-order valence-corrected chi connectivity index (χ2v) is 5.52. The topological polar surface area (TPSA) is 55.4 Å². The Morgan fingerprint density at radius 2 is 1.67 bits per heavy atom. The molecule has 0 atom stereocenters. The predicted octanol–water partition coefficient (Wildman–Crippen LogP) is 3.69. The van der Waals surface area contributed by atoms with E-state index in [4.69, 9.17) is 4.74 Å². The van der Waals surface area contributed by atoms with Gasteiger partial charge >= 0.3 is 5.97 Å². The fourth-order valence-corrected chi connectivity index (χ4v) is 2.48. The molecule has 1 amide bonds. The largest absolute Gasteiger partial charge is 0.452 e. The number of carbonyl (C=O) groups is 2. The zero-order valence-corrected chi connectivity index (χ0v) is 13.6. The predicted molar refractivity (Wildman–Crippen MR) is 85.9 cm³/mol. The second-order valence-electron chi connectivity index (χ2n) is 5.52. The van der Waals surface area contributed by atoms with Gasteiger partial charge in [-0.1, -0.05) is 17.7 Å². The van der Waals surface area contributed by atoms with E-state index in [1.807, 2.05) is 19.1 Å². The van der Waals surface area contributed by atoms with Crippen LogP contribution in [-0.4, -0.2) is 18.5 Å². The minimum absolute atomic E-state index is 0.180. The van der Waals surface area contributed by atoms with Crippen LogP contribution >= 0.6 is 0 Å². The van der Waals surface area contributed by atoms with Crippen molar-refractivity contribution in [3.8, 4) is 0 Å². The van der Waals surface area contributed by atoms with Gasteiger partial charge in [-0.15, -0.1) is 0 Å². The minimum Gasteiger partial charge on any atom is -0.452 e. The molecule has 2 aromatic carbocycles. The number of rotatable bonds is 4. The lowest BCUT2D eigenvalue weighted by Gasteiger charge is -2.11. The maximum absolute atomic E-state index is 13.5. The van der Waals surface area contributed by atoms with E-state index in [1.165, 1.54) is 0 Å². The molecule has 2 aromatic rings. The normalized spacial score (nSPS) is 10.4. The number of halogens is 2. The number of amides is 1. The molecule has 0 aliphatic carbocycles. The summed E-state index contributed by atoms with van der Waals surface area (Å²) in [5.74, 6) is -2.99. The Bertz CT molecular complexity index is 780. The number of benzene rings is 2. The Labute approximate surface area is 138 Å². The zero-order chi connectivity index (χ0) is 17.9. The molecule has 0 aliphatic rings. The summed E-state index contributed by atoms with van der Waals surface area (Å²) in [4.78, 5) is 23.9. The van der Waals surface area contributed by atoms with Crippen LogP contribution in [0.4, 0.5) is 14.5 Å². The fraction of sp³-hybridized carbons (Fsp3) is 0.222. The standard InChI is InChI=1S/C18H17F2NO3/c1-10-6-11(2)17(12(3)7-10)18(23)24-9-16(22)21-15-5-4-13(19)8-14(15)20/h4-8H,9H2,1-3H3,(H,21,22). The Kier molecular flexibility index (Phi) is 5.28. The molecule has 0 bridgehead atoms. The molecular weight excluding hydrogens is 316 g/mol. The van der Waals surface area contributed by atoms with Crippen molar-refractivity contribution in [2.75, 3.05) is 11.9 Å². The minimum atomic E-state index is -0.903. The highest BCUT2D eigenvalue weighted by Gasteiger charge is 2.16. The third kappa shape index (κ3) is 4.16. The number of anilines is 1. The molecule has 0 heterocycles. The van der Waals surface area contributed by atoms with E-state index in [-0.39, 0.29) is 5.69 Å². The third-order valence-electron chi connectivity index (χ3n) is 3.42. The van der Waals surface area contributed by atoms with Crippen LogP contribution in [-0.2, 0) is 9.53 Å². The molecule has 0 saturated heterocycles. The van der Waals surface area contributed by atoms with Crippen molar-refractivity contribution >= 4 is 17.6 Å². The van der Waals surface area contributed by atoms with Crippen LogP contribution < -0.4 is 5.32 Å². The summed E-state index contributed by atoms with van der Waals surface area (Å²) < 4.78 is 31.2. The maximum Gasteiger partial charge on any atom is 0.339 e. The van der Waals surface area contributed by atoms with Gasteiger partial charge < -0.3 is 10.1 Å². The van der Waals surface area contributed by atoms with Gasteiger partial charge in [0.05, 0.1) is 11.3 Å². The SMILES string of the molecule is Cc1cc(C)c(C(=O)OCC(=O)Nc2ccc(F)cc2F)c(C)c1. The number of ether oxygens (including phenoxy) is 1. The summed E-state index contributed by atoms with van der Waals surface area (Å²) in [5.41, 5.74) is 2.75. The Hall–Kier alpha value is -2.76. The van der Waals surface area contributed by atoms with Gasteiger partial charge in [-0.2, -0.15) is 0 Å². The van der Waals surface area contributed by atoms with Crippen molar-refractivity contribution < 1.29 is 23.1 Å². The second kappa shape index (κ2) is 7.21. The van der Waals surface area contributed by atoms with E-state index in [0.717, 1.165) is 28.8 Å². The van der Waals surface area contributed by atoms with Gasteiger partial charge in [0.2, 0.25) is 0 Å². The first-order valence-electron chi connectivity index (χ1n) is 7.28. The third-order valence-corrected chi connectivity index (χ3v) is 3.42. The van der Waals surface area contributed by atoms with E-state index < -0.39 is 30.1 Å². The van der Waals surface area contributed by atoms with Gasteiger partial charge in [-0.05, 0) is 44.0 Å². The molecule has 1 N–H and O–H groups in total. The van der Waals surface area contributed by atoms with Gasteiger partial charge in [0.15, 0.2) is 6.61 Å². The van der Waals surface area contributed by atoms with Crippen molar-refractivity contribution in [1.29, 1.82) is 0 Å². The first-order chi connectivity index (χ1) is 11.3. The van der Waals surface area contributed by atoms with E-state index in [9.17, 15) is 18.4 Å². The lowest BCUT2D eigenvalue weighted by molar-refractivity contribution is -0.119. The first kappa shape index (κ1) is 17.6. The van der Waals surface area contributed by atoms with Crippen molar-refractivity contribution in [2.45, 2.75) is 20.8 Å². The van der Waals surface area contributed by atoms with Crippen LogP contribution in [0.15, 0.2) is 30.3 Å². The molecule has 0 saturated carbocycles. The highest BCUT2D eigenvalue weighted by atomic mass is 19.1. The van der Waals surface area contributed by atoms with Crippen LogP contribution in [0.25, 0.3) is 0 Å². The number of hydrogen-bond donors (Lipinski definition) is 1. The maximum atomic E-state index is 13.5. The van der Waals surface area contributed by atoms with Crippen molar-refractivity contribution in [3.05, 3.63) is 64.2 Å². The number of hydrogen-bond acceptors (Lipinski definition) is 3. The van der Waals surface area contributed by atoms with E-state index >= 15 is 0 Å². The zero-order valence-electron chi connectivity index (χ0n) is 13.6. The van der Waals surface area contributed by atoms with Crippen molar-refractivity contribution in [3.63, 3.8) is 0 Å². The number of aryl methyl sites for hydroxylation is 3. The fourth-order valence-electron chi connectivity index (χ4n) is 2.48.